The van der Waals surface area contributed by atoms with E-state index >= 15 is 0 Å². The van der Waals surface area contributed by atoms with Gasteiger partial charge in [-0.15, -0.1) is 0 Å². The molecule has 0 saturated carbocycles. The van der Waals surface area contributed by atoms with E-state index in [0.29, 0.717) is 10.0 Å². The number of rotatable bonds is 2. The zero-order chi connectivity index (χ0) is 14.3. The molecular formula is C14H14BrCl2N3. The van der Waals surface area contributed by atoms with E-state index in [-0.39, 0.29) is 5.41 Å². The third kappa shape index (κ3) is 2.29. The monoisotopic (exact) mass is 373 g/mol. The van der Waals surface area contributed by atoms with Gasteiger partial charge in [0.15, 0.2) is 0 Å². The van der Waals surface area contributed by atoms with Crippen LogP contribution in [0.2, 0.25) is 10.0 Å². The zero-order valence-electron chi connectivity index (χ0n) is 11.0. The summed E-state index contributed by atoms with van der Waals surface area (Å²) in [7, 11) is 0. The zero-order valence-corrected chi connectivity index (χ0v) is 14.1. The van der Waals surface area contributed by atoms with Gasteiger partial charge < -0.3 is 9.88 Å². The van der Waals surface area contributed by atoms with Gasteiger partial charge in [0.05, 0.1) is 22.1 Å². The molecule has 0 amide bonds. The summed E-state index contributed by atoms with van der Waals surface area (Å²) < 4.78 is 2.83. The summed E-state index contributed by atoms with van der Waals surface area (Å²) in [5.74, 6) is 0. The van der Waals surface area contributed by atoms with Crippen molar-refractivity contribution in [1.29, 1.82) is 0 Å². The molecule has 1 N–H and O–H groups in total. The molecule has 1 aliphatic rings. The van der Waals surface area contributed by atoms with Crippen LogP contribution in [0.15, 0.2) is 29.1 Å². The molecule has 1 atom stereocenters. The summed E-state index contributed by atoms with van der Waals surface area (Å²) in [5, 5.41) is 4.47. The molecule has 1 aromatic carbocycles. The van der Waals surface area contributed by atoms with Crippen molar-refractivity contribution >= 4 is 39.1 Å². The molecule has 1 saturated heterocycles. The third-order valence-electron chi connectivity index (χ3n) is 3.90. The topological polar surface area (TPSA) is 29.9 Å². The van der Waals surface area contributed by atoms with E-state index in [2.05, 4.69) is 33.2 Å². The average Bonchev–Trinajstić information content (AvgIpc) is 3.06. The van der Waals surface area contributed by atoms with Crippen molar-refractivity contribution in [1.82, 2.24) is 14.9 Å². The third-order valence-corrected chi connectivity index (χ3v) is 5.66. The van der Waals surface area contributed by atoms with Crippen molar-refractivity contribution in [3.63, 3.8) is 0 Å². The van der Waals surface area contributed by atoms with Crippen LogP contribution in [-0.4, -0.2) is 22.6 Å². The SMILES string of the molecule is CC1(c2cncn2-c2ccc(Br)c(Cl)c2Cl)CCNC1. The Morgan fingerprint density at radius 1 is 1.35 bits per heavy atom. The van der Waals surface area contributed by atoms with Gasteiger partial charge in [-0.3, -0.25) is 0 Å². The lowest BCUT2D eigenvalue weighted by Crippen LogP contribution is -2.27. The van der Waals surface area contributed by atoms with Crippen LogP contribution in [0.4, 0.5) is 0 Å². The first-order chi connectivity index (χ1) is 9.53. The van der Waals surface area contributed by atoms with Crippen LogP contribution in [0.3, 0.4) is 0 Å². The first-order valence-corrected chi connectivity index (χ1v) is 7.95. The molecule has 3 nitrogen and oxygen atoms in total. The average molecular weight is 375 g/mol. The Hall–Kier alpha value is -0.550. The smallest absolute Gasteiger partial charge is 0.0994 e. The van der Waals surface area contributed by atoms with Crippen LogP contribution in [0.5, 0.6) is 0 Å². The minimum atomic E-state index is 0.0688. The molecule has 0 bridgehead atoms. The fraction of sp³-hybridized carbons (Fsp3) is 0.357. The highest BCUT2D eigenvalue weighted by Crippen LogP contribution is 2.38. The summed E-state index contributed by atoms with van der Waals surface area (Å²) in [6.45, 7) is 4.21. The molecule has 3 rings (SSSR count). The molecule has 1 aromatic heterocycles. The first-order valence-electron chi connectivity index (χ1n) is 6.40. The molecule has 0 aliphatic carbocycles. The number of nitrogens with one attached hydrogen (secondary N) is 1. The summed E-state index contributed by atoms with van der Waals surface area (Å²) >= 11 is 16.0. The van der Waals surface area contributed by atoms with Gasteiger partial charge in [0.2, 0.25) is 0 Å². The van der Waals surface area contributed by atoms with Crippen molar-refractivity contribution in [2.45, 2.75) is 18.8 Å². The lowest BCUT2D eigenvalue weighted by atomic mass is 9.86. The van der Waals surface area contributed by atoms with E-state index in [1.807, 2.05) is 22.9 Å². The van der Waals surface area contributed by atoms with Crippen LogP contribution >= 0.6 is 39.1 Å². The molecule has 6 heteroatoms. The fourth-order valence-corrected chi connectivity index (χ4v) is 3.53. The standard InChI is InChI=1S/C14H14BrCl2N3/c1-14(4-5-18-7-14)11-6-19-8-20(11)10-3-2-9(15)12(16)13(10)17/h2-3,6,8,18H,4-5,7H2,1H3. The molecule has 2 heterocycles. The van der Waals surface area contributed by atoms with Gasteiger partial charge in [0, 0.05) is 28.3 Å². The lowest BCUT2D eigenvalue weighted by molar-refractivity contribution is 0.499. The maximum Gasteiger partial charge on any atom is 0.0994 e. The summed E-state index contributed by atoms with van der Waals surface area (Å²) in [5.41, 5.74) is 2.09. The second-order valence-corrected chi connectivity index (χ2v) is 6.94. The molecule has 0 radical (unpaired) electrons. The Morgan fingerprint density at radius 3 is 2.85 bits per heavy atom. The maximum absolute atomic E-state index is 6.39. The summed E-state index contributed by atoms with van der Waals surface area (Å²) in [6.07, 6.45) is 4.80. The molecule has 1 aliphatic heterocycles. The van der Waals surface area contributed by atoms with Crippen molar-refractivity contribution in [2.75, 3.05) is 13.1 Å². The van der Waals surface area contributed by atoms with E-state index in [1.54, 1.807) is 6.33 Å². The van der Waals surface area contributed by atoms with E-state index in [4.69, 9.17) is 23.2 Å². The van der Waals surface area contributed by atoms with Gasteiger partial charge in [0.1, 0.15) is 0 Å². The second kappa shape index (κ2) is 5.34. The van der Waals surface area contributed by atoms with Gasteiger partial charge >= 0.3 is 0 Å². The Bertz CT molecular complexity index is 648. The van der Waals surface area contributed by atoms with Gasteiger partial charge in [0.25, 0.3) is 0 Å². The van der Waals surface area contributed by atoms with E-state index in [9.17, 15) is 0 Å². The van der Waals surface area contributed by atoms with Crippen molar-refractivity contribution in [2.24, 2.45) is 0 Å². The van der Waals surface area contributed by atoms with Crippen LogP contribution < -0.4 is 5.32 Å². The highest BCUT2D eigenvalue weighted by atomic mass is 79.9. The van der Waals surface area contributed by atoms with Gasteiger partial charge in [-0.05, 0) is 41.0 Å². The van der Waals surface area contributed by atoms with Crippen LogP contribution in [0, 0.1) is 0 Å². The largest absolute Gasteiger partial charge is 0.316 e. The van der Waals surface area contributed by atoms with Crippen LogP contribution in [0.1, 0.15) is 19.0 Å². The first kappa shape index (κ1) is 14.4. The molecule has 0 spiro atoms. The maximum atomic E-state index is 6.39. The van der Waals surface area contributed by atoms with Crippen molar-refractivity contribution in [3.05, 3.63) is 44.9 Å². The number of hydrogen-bond donors (Lipinski definition) is 1. The number of nitrogens with zero attached hydrogens (tertiary/aromatic N) is 2. The second-order valence-electron chi connectivity index (χ2n) is 5.33. The summed E-state index contributed by atoms with van der Waals surface area (Å²) in [4.78, 5) is 4.30. The quantitative estimate of drug-likeness (QED) is 0.798. The van der Waals surface area contributed by atoms with Crippen LogP contribution in [-0.2, 0) is 5.41 Å². The van der Waals surface area contributed by atoms with Crippen molar-refractivity contribution < 1.29 is 0 Å². The van der Waals surface area contributed by atoms with Crippen LogP contribution in [0.25, 0.3) is 5.69 Å². The van der Waals surface area contributed by atoms with Gasteiger partial charge in [-0.2, -0.15) is 0 Å². The van der Waals surface area contributed by atoms with E-state index in [0.717, 1.165) is 35.4 Å². The fourth-order valence-electron chi connectivity index (χ4n) is 2.67. The Labute approximate surface area is 136 Å². The molecule has 1 fully saturated rings. The number of halogens is 3. The number of hydrogen-bond acceptors (Lipinski definition) is 2. The highest BCUT2D eigenvalue weighted by Gasteiger charge is 2.34. The van der Waals surface area contributed by atoms with E-state index in [1.165, 1.54) is 0 Å². The molecule has 2 aromatic rings. The van der Waals surface area contributed by atoms with E-state index < -0.39 is 0 Å². The predicted octanol–water partition coefficient (Wildman–Crippen LogP) is 4.19. The Morgan fingerprint density at radius 2 is 2.15 bits per heavy atom. The minimum Gasteiger partial charge on any atom is -0.316 e. The van der Waals surface area contributed by atoms with Gasteiger partial charge in [-0.25, -0.2) is 4.98 Å². The number of benzene rings is 1. The highest BCUT2D eigenvalue weighted by molar-refractivity contribution is 9.10. The number of imidazole rings is 1. The lowest BCUT2D eigenvalue weighted by Gasteiger charge is -2.24. The minimum absolute atomic E-state index is 0.0688. The Balaban J connectivity index is 2.13. The number of aromatic nitrogens is 2. The van der Waals surface area contributed by atoms with Gasteiger partial charge in [-0.1, -0.05) is 30.1 Å². The van der Waals surface area contributed by atoms with Crippen molar-refractivity contribution in [3.8, 4) is 5.69 Å². The Kier molecular flexibility index (Phi) is 3.84. The molecule has 1 unspecified atom stereocenters. The predicted molar refractivity (Wildman–Crippen MR) is 86.1 cm³/mol. The summed E-state index contributed by atoms with van der Waals surface area (Å²) in [6, 6.07) is 3.86. The molecular weight excluding hydrogens is 361 g/mol. The molecule has 106 valence electrons. The molecule has 20 heavy (non-hydrogen) atoms. The normalized spacial score (nSPS) is 22.4.